The minimum atomic E-state index is -0.107. The Morgan fingerprint density at radius 3 is 2.66 bits per heavy atom. The van der Waals surface area contributed by atoms with Gasteiger partial charge in [0, 0.05) is 46.7 Å². The fourth-order valence-corrected chi connectivity index (χ4v) is 4.44. The molecule has 1 aliphatic rings. The maximum atomic E-state index is 12.7. The Morgan fingerprint density at radius 1 is 1.17 bits per heavy atom. The van der Waals surface area contributed by atoms with Gasteiger partial charge < -0.3 is 19.4 Å². The van der Waals surface area contributed by atoms with Crippen LogP contribution in [0.1, 0.15) is 18.4 Å². The van der Waals surface area contributed by atoms with E-state index in [9.17, 15) is 4.79 Å². The highest BCUT2D eigenvalue weighted by Gasteiger charge is 2.34. The normalized spacial score (nSPS) is 15.9. The Morgan fingerprint density at radius 2 is 1.93 bits per heavy atom. The van der Waals surface area contributed by atoms with Gasteiger partial charge in [-0.15, -0.1) is 0 Å². The van der Waals surface area contributed by atoms with Crippen LogP contribution >= 0.6 is 15.9 Å². The van der Waals surface area contributed by atoms with Crippen molar-refractivity contribution in [2.24, 2.45) is 0 Å². The summed E-state index contributed by atoms with van der Waals surface area (Å²) in [5, 5.41) is 4.30. The van der Waals surface area contributed by atoms with Crippen molar-refractivity contribution in [1.82, 2.24) is 9.88 Å². The van der Waals surface area contributed by atoms with Crippen LogP contribution in [0.4, 0.5) is 0 Å². The molecule has 5 nitrogen and oxygen atoms in total. The second kappa shape index (κ2) is 8.59. The van der Waals surface area contributed by atoms with Crippen molar-refractivity contribution in [1.29, 1.82) is 0 Å². The number of ether oxygens (including phenoxy) is 2. The quantitative estimate of drug-likeness (QED) is 0.602. The lowest BCUT2D eigenvalue weighted by Crippen LogP contribution is -2.45. The van der Waals surface area contributed by atoms with Gasteiger partial charge in [-0.1, -0.05) is 28.1 Å². The van der Waals surface area contributed by atoms with Gasteiger partial charge in [-0.25, -0.2) is 0 Å². The zero-order valence-corrected chi connectivity index (χ0v) is 18.1. The fraction of sp³-hybridized carbons (Fsp3) is 0.348. The van der Waals surface area contributed by atoms with Crippen molar-refractivity contribution in [2.45, 2.75) is 24.8 Å². The Hall–Kier alpha value is -2.31. The molecule has 3 aromatic rings. The number of methoxy groups -OCH3 is 1. The minimum absolute atomic E-state index is 0.0183. The Bertz CT molecular complexity index is 991. The topological polar surface area (TPSA) is 52.5 Å². The maximum Gasteiger partial charge on any atom is 0.239 e. The fourth-order valence-electron chi connectivity index (χ4n) is 4.06. The maximum absolute atomic E-state index is 12.7. The molecule has 1 amide bonds. The van der Waals surface area contributed by atoms with Crippen LogP contribution in [-0.2, 0) is 21.5 Å². The number of benzene rings is 2. The molecule has 6 heteroatoms. The number of carbonyl (C=O) groups excluding carboxylic acids is 1. The smallest absolute Gasteiger partial charge is 0.239 e. The van der Waals surface area contributed by atoms with Crippen LogP contribution < -0.4 is 10.1 Å². The van der Waals surface area contributed by atoms with Gasteiger partial charge in [0.2, 0.25) is 5.91 Å². The number of carbonyl (C=O) groups is 1. The molecule has 1 saturated heterocycles. The van der Waals surface area contributed by atoms with Crippen molar-refractivity contribution in [3.05, 3.63) is 64.8 Å². The van der Waals surface area contributed by atoms with Crippen LogP contribution in [0.2, 0.25) is 0 Å². The van der Waals surface area contributed by atoms with Gasteiger partial charge >= 0.3 is 0 Å². The lowest BCUT2D eigenvalue weighted by Gasteiger charge is -2.38. The standard InChI is InChI=1S/C23H25BrN2O3/c1-28-20-5-2-18(3-6-20)23(9-12-29-13-10-23)16-25-22(27)15-26-11-8-17-14-19(24)4-7-21(17)26/h2-8,11,14H,9-10,12-13,15-16H2,1H3,(H,25,27). The third-order valence-electron chi connectivity index (χ3n) is 5.82. The minimum Gasteiger partial charge on any atom is -0.497 e. The zero-order chi connectivity index (χ0) is 20.3. The summed E-state index contributed by atoms with van der Waals surface area (Å²) >= 11 is 3.49. The average molecular weight is 457 g/mol. The largest absolute Gasteiger partial charge is 0.497 e. The van der Waals surface area contributed by atoms with Crippen LogP contribution in [0.15, 0.2) is 59.2 Å². The highest BCUT2D eigenvalue weighted by atomic mass is 79.9. The van der Waals surface area contributed by atoms with Crippen molar-refractivity contribution >= 4 is 32.7 Å². The van der Waals surface area contributed by atoms with Crippen molar-refractivity contribution in [3.8, 4) is 5.75 Å². The number of halogens is 1. The van der Waals surface area contributed by atoms with E-state index in [2.05, 4.69) is 39.4 Å². The number of hydrogen-bond donors (Lipinski definition) is 1. The molecule has 4 rings (SSSR count). The summed E-state index contributed by atoms with van der Waals surface area (Å²) in [6, 6.07) is 16.3. The van der Waals surface area contributed by atoms with Gasteiger partial charge in [0.05, 0.1) is 7.11 Å². The number of aromatic nitrogens is 1. The van der Waals surface area contributed by atoms with Crippen LogP contribution in [0.3, 0.4) is 0 Å². The van der Waals surface area contributed by atoms with Crippen LogP contribution in [-0.4, -0.2) is 37.3 Å². The number of fused-ring (bicyclic) bond motifs is 1. The van der Waals surface area contributed by atoms with E-state index in [0.717, 1.165) is 34.0 Å². The highest BCUT2D eigenvalue weighted by Crippen LogP contribution is 2.35. The second-order valence-corrected chi connectivity index (χ2v) is 8.46. The summed E-state index contributed by atoms with van der Waals surface area (Å²) in [5.41, 5.74) is 2.17. The van der Waals surface area contributed by atoms with Crippen molar-refractivity contribution < 1.29 is 14.3 Å². The Balaban J connectivity index is 1.47. The molecular formula is C23H25BrN2O3. The van der Waals surface area contributed by atoms with Crippen LogP contribution in [0, 0.1) is 0 Å². The molecule has 1 fully saturated rings. The zero-order valence-electron chi connectivity index (χ0n) is 16.5. The molecule has 1 aliphatic heterocycles. The van der Waals surface area contributed by atoms with E-state index in [4.69, 9.17) is 9.47 Å². The summed E-state index contributed by atoms with van der Waals surface area (Å²) in [6.07, 6.45) is 3.74. The SMILES string of the molecule is COc1ccc(C2(CNC(=O)Cn3ccc4cc(Br)ccc43)CCOCC2)cc1. The third-order valence-corrected chi connectivity index (χ3v) is 6.32. The first-order valence-electron chi connectivity index (χ1n) is 9.83. The Labute approximate surface area is 179 Å². The van der Waals surface area contributed by atoms with E-state index < -0.39 is 0 Å². The first kappa shape index (κ1) is 20.0. The predicted octanol–water partition coefficient (Wildman–Crippen LogP) is 4.28. The van der Waals surface area contributed by atoms with Crippen LogP contribution in [0.25, 0.3) is 10.9 Å². The van der Waals surface area contributed by atoms with E-state index in [1.54, 1.807) is 7.11 Å². The number of amides is 1. The molecular weight excluding hydrogens is 432 g/mol. The molecule has 0 unspecified atom stereocenters. The lowest BCUT2D eigenvalue weighted by molar-refractivity contribution is -0.122. The molecule has 0 radical (unpaired) electrons. The molecule has 1 N–H and O–H groups in total. The summed E-state index contributed by atoms with van der Waals surface area (Å²) < 4.78 is 13.9. The van der Waals surface area contributed by atoms with Crippen LogP contribution in [0.5, 0.6) is 5.75 Å². The summed E-state index contributed by atoms with van der Waals surface area (Å²) in [4.78, 5) is 12.7. The summed E-state index contributed by atoms with van der Waals surface area (Å²) in [5.74, 6) is 0.857. The molecule has 2 heterocycles. The molecule has 0 spiro atoms. The van der Waals surface area contributed by atoms with E-state index in [1.807, 2.05) is 41.1 Å². The molecule has 0 aliphatic carbocycles. The predicted molar refractivity (Wildman–Crippen MR) is 117 cm³/mol. The van der Waals surface area contributed by atoms with Gasteiger partial charge in [-0.05, 0) is 54.8 Å². The molecule has 0 bridgehead atoms. The molecule has 0 atom stereocenters. The first-order chi connectivity index (χ1) is 14.1. The van der Waals surface area contributed by atoms with Crippen molar-refractivity contribution in [2.75, 3.05) is 26.9 Å². The van der Waals surface area contributed by atoms with Crippen molar-refractivity contribution in [3.63, 3.8) is 0 Å². The van der Waals surface area contributed by atoms with Gasteiger partial charge in [0.25, 0.3) is 0 Å². The van der Waals surface area contributed by atoms with Gasteiger partial charge in [0.15, 0.2) is 0 Å². The van der Waals surface area contributed by atoms with Gasteiger partial charge in [-0.2, -0.15) is 0 Å². The second-order valence-electron chi connectivity index (χ2n) is 7.54. The molecule has 0 saturated carbocycles. The van der Waals surface area contributed by atoms with E-state index in [-0.39, 0.29) is 11.3 Å². The molecule has 1 aromatic heterocycles. The Kier molecular flexibility index (Phi) is 5.92. The number of hydrogen-bond acceptors (Lipinski definition) is 3. The lowest BCUT2D eigenvalue weighted by atomic mass is 9.74. The van der Waals surface area contributed by atoms with Gasteiger partial charge in [-0.3, -0.25) is 4.79 Å². The number of rotatable bonds is 6. The third kappa shape index (κ3) is 4.33. The molecule has 2 aromatic carbocycles. The van der Waals surface area contributed by atoms with E-state index >= 15 is 0 Å². The molecule has 152 valence electrons. The number of nitrogens with zero attached hydrogens (tertiary/aromatic N) is 1. The molecule has 29 heavy (non-hydrogen) atoms. The highest BCUT2D eigenvalue weighted by molar-refractivity contribution is 9.10. The first-order valence-corrected chi connectivity index (χ1v) is 10.6. The van der Waals surface area contributed by atoms with Gasteiger partial charge in [0.1, 0.15) is 12.3 Å². The number of nitrogens with one attached hydrogen (secondary N) is 1. The van der Waals surface area contributed by atoms with E-state index in [0.29, 0.717) is 26.3 Å². The summed E-state index contributed by atoms with van der Waals surface area (Å²) in [7, 11) is 1.67. The summed E-state index contributed by atoms with van der Waals surface area (Å²) in [6.45, 7) is 2.32. The monoisotopic (exact) mass is 456 g/mol. The average Bonchev–Trinajstić information content (AvgIpc) is 3.14. The van der Waals surface area contributed by atoms with E-state index in [1.165, 1.54) is 5.56 Å².